The first-order chi connectivity index (χ1) is 12.8. The van der Waals surface area contributed by atoms with Crippen LogP contribution in [0.25, 0.3) is 0 Å². The molecule has 2 rings (SSSR count). The summed E-state index contributed by atoms with van der Waals surface area (Å²) in [6.07, 6.45) is 1.43. The summed E-state index contributed by atoms with van der Waals surface area (Å²) in [5.74, 6) is 0.968. The molecule has 0 saturated carbocycles. The molecule has 2 aromatic rings. The van der Waals surface area contributed by atoms with Gasteiger partial charge in [0.1, 0.15) is 0 Å². The third-order valence-corrected chi connectivity index (χ3v) is 4.57. The Kier molecular flexibility index (Phi) is 7.50. The normalized spacial score (nSPS) is 10.9. The van der Waals surface area contributed by atoms with Gasteiger partial charge in [0, 0.05) is 10.2 Å². The molecule has 0 heterocycles. The topological polar surface area (TPSA) is 72.0 Å². The average molecular weight is 455 g/mol. The second kappa shape index (κ2) is 9.62. The van der Waals surface area contributed by atoms with Crippen LogP contribution in [0.2, 0.25) is 5.02 Å². The molecule has 2 amide bonds. The fourth-order valence-electron chi connectivity index (χ4n) is 2.21. The monoisotopic (exact) mass is 453 g/mol. The Morgan fingerprint density at radius 2 is 2.04 bits per heavy atom. The second-order valence-electron chi connectivity index (χ2n) is 5.99. The van der Waals surface area contributed by atoms with Crippen molar-refractivity contribution in [1.29, 1.82) is 0 Å². The van der Waals surface area contributed by atoms with Crippen LogP contribution in [0.3, 0.4) is 0 Å². The van der Waals surface area contributed by atoms with Crippen LogP contribution in [-0.2, 0) is 0 Å². The fourth-order valence-corrected chi connectivity index (χ4v) is 2.72. The lowest BCUT2D eigenvalue weighted by atomic mass is 10.2. The Bertz CT molecular complexity index is 856. The van der Waals surface area contributed by atoms with E-state index in [0.717, 1.165) is 10.0 Å². The number of urea groups is 1. The number of ether oxygens (including phenoxy) is 2. The van der Waals surface area contributed by atoms with E-state index in [1.807, 2.05) is 32.9 Å². The van der Waals surface area contributed by atoms with Gasteiger partial charge in [-0.25, -0.2) is 10.2 Å². The van der Waals surface area contributed by atoms with Crippen molar-refractivity contribution in [3.8, 4) is 11.5 Å². The molecule has 0 fully saturated rings. The molecule has 2 N–H and O–H groups in total. The Labute approximate surface area is 172 Å². The standard InChI is InChI=1S/C19H21BrClN3O3/c1-11(2)27-18-16(21)8-13(9-17(18)26-4)10-22-24-19(25)23-14-5-6-15(20)12(3)7-14/h5-11H,1-4H3,(H2,23,24,25)/b22-10+. The molecular weight excluding hydrogens is 434 g/mol. The molecule has 0 unspecified atom stereocenters. The van der Waals surface area contributed by atoms with Crippen molar-refractivity contribution in [3.05, 3.63) is 51.0 Å². The largest absolute Gasteiger partial charge is 0.493 e. The molecule has 0 aliphatic heterocycles. The van der Waals surface area contributed by atoms with Crippen LogP contribution in [-0.4, -0.2) is 25.5 Å². The average Bonchev–Trinajstić information content (AvgIpc) is 2.60. The third kappa shape index (κ3) is 6.15. The molecule has 0 aromatic heterocycles. The van der Waals surface area contributed by atoms with E-state index in [1.54, 1.807) is 18.2 Å². The van der Waals surface area contributed by atoms with Gasteiger partial charge in [-0.2, -0.15) is 5.10 Å². The van der Waals surface area contributed by atoms with Gasteiger partial charge in [0.15, 0.2) is 11.5 Å². The van der Waals surface area contributed by atoms with Gasteiger partial charge in [0.2, 0.25) is 0 Å². The number of carbonyl (C=O) groups is 1. The van der Waals surface area contributed by atoms with Gasteiger partial charge in [-0.3, -0.25) is 0 Å². The minimum absolute atomic E-state index is 0.0384. The number of rotatable bonds is 6. The molecule has 0 saturated heterocycles. The van der Waals surface area contributed by atoms with Gasteiger partial charge in [0.05, 0.1) is 24.5 Å². The number of benzene rings is 2. The van der Waals surface area contributed by atoms with Gasteiger partial charge in [-0.15, -0.1) is 0 Å². The Hall–Kier alpha value is -2.25. The molecule has 0 aliphatic rings. The number of amides is 2. The lowest BCUT2D eigenvalue weighted by molar-refractivity contribution is 0.230. The summed E-state index contributed by atoms with van der Waals surface area (Å²) in [6, 6.07) is 8.46. The number of hydrogen-bond donors (Lipinski definition) is 2. The highest BCUT2D eigenvalue weighted by Gasteiger charge is 2.13. The number of aryl methyl sites for hydroxylation is 1. The Morgan fingerprint density at radius 1 is 1.30 bits per heavy atom. The Morgan fingerprint density at radius 3 is 2.67 bits per heavy atom. The van der Waals surface area contributed by atoms with Crippen LogP contribution in [0, 0.1) is 6.92 Å². The summed E-state index contributed by atoms with van der Waals surface area (Å²) >= 11 is 9.68. The first-order valence-corrected chi connectivity index (χ1v) is 9.37. The van der Waals surface area contributed by atoms with Crippen molar-refractivity contribution in [2.75, 3.05) is 12.4 Å². The van der Waals surface area contributed by atoms with Crippen LogP contribution >= 0.6 is 27.5 Å². The van der Waals surface area contributed by atoms with E-state index in [0.29, 0.717) is 27.8 Å². The van der Waals surface area contributed by atoms with Crippen LogP contribution in [0.5, 0.6) is 11.5 Å². The predicted octanol–water partition coefficient (Wildman–Crippen LogP) is 5.36. The molecule has 6 nitrogen and oxygen atoms in total. The number of nitrogens with one attached hydrogen (secondary N) is 2. The maximum absolute atomic E-state index is 11.9. The minimum atomic E-state index is -0.453. The molecule has 27 heavy (non-hydrogen) atoms. The van der Waals surface area contributed by atoms with E-state index in [4.69, 9.17) is 21.1 Å². The van der Waals surface area contributed by atoms with Gasteiger partial charge < -0.3 is 14.8 Å². The van der Waals surface area contributed by atoms with E-state index in [2.05, 4.69) is 31.8 Å². The highest BCUT2D eigenvalue weighted by Crippen LogP contribution is 2.36. The van der Waals surface area contributed by atoms with E-state index in [-0.39, 0.29) is 6.10 Å². The van der Waals surface area contributed by atoms with Gasteiger partial charge >= 0.3 is 6.03 Å². The van der Waals surface area contributed by atoms with Gasteiger partial charge in [-0.1, -0.05) is 27.5 Å². The summed E-state index contributed by atoms with van der Waals surface area (Å²) in [5.41, 5.74) is 4.76. The van der Waals surface area contributed by atoms with Crippen molar-refractivity contribution < 1.29 is 14.3 Å². The number of anilines is 1. The highest BCUT2D eigenvalue weighted by atomic mass is 79.9. The molecular formula is C19H21BrClN3O3. The molecule has 144 valence electrons. The number of carbonyl (C=O) groups excluding carboxylic acids is 1. The lowest BCUT2D eigenvalue weighted by Gasteiger charge is -2.15. The summed E-state index contributed by atoms with van der Waals surface area (Å²) in [6.45, 7) is 5.75. The van der Waals surface area contributed by atoms with Crippen LogP contribution in [0.4, 0.5) is 10.5 Å². The van der Waals surface area contributed by atoms with E-state index in [1.165, 1.54) is 13.3 Å². The number of hydrazone groups is 1. The second-order valence-corrected chi connectivity index (χ2v) is 7.25. The van der Waals surface area contributed by atoms with E-state index >= 15 is 0 Å². The zero-order valence-corrected chi connectivity index (χ0v) is 17.8. The van der Waals surface area contributed by atoms with Crippen molar-refractivity contribution in [1.82, 2.24) is 5.43 Å². The van der Waals surface area contributed by atoms with Crippen molar-refractivity contribution in [3.63, 3.8) is 0 Å². The SMILES string of the molecule is COc1cc(/C=N/NC(=O)Nc2ccc(Br)c(C)c2)cc(Cl)c1OC(C)C. The smallest absolute Gasteiger partial charge is 0.339 e. The van der Waals surface area contributed by atoms with Crippen molar-refractivity contribution >= 4 is 45.5 Å². The molecule has 0 radical (unpaired) electrons. The quantitative estimate of drug-likeness (QED) is 0.456. The summed E-state index contributed by atoms with van der Waals surface area (Å²) in [5, 5.41) is 7.04. The molecule has 0 aliphatic carbocycles. The number of halogens is 2. The van der Waals surface area contributed by atoms with Crippen LogP contribution in [0.15, 0.2) is 39.9 Å². The van der Waals surface area contributed by atoms with Crippen LogP contribution in [0.1, 0.15) is 25.0 Å². The van der Waals surface area contributed by atoms with Crippen molar-refractivity contribution in [2.24, 2.45) is 5.10 Å². The molecule has 0 atom stereocenters. The van der Waals surface area contributed by atoms with Crippen LogP contribution < -0.4 is 20.2 Å². The molecule has 0 bridgehead atoms. The van der Waals surface area contributed by atoms with E-state index in [9.17, 15) is 4.79 Å². The number of nitrogens with zero attached hydrogens (tertiary/aromatic N) is 1. The zero-order chi connectivity index (χ0) is 20.0. The first-order valence-electron chi connectivity index (χ1n) is 8.20. The molecule has 2 aromatic carbocycles. The third-order valence-electron chi connectivity index (χ3n) is 3.40. The maximum atomic E-state index is 11.9. The molecule has 8 heteroatoms. The predicted molar refractivity (Wildman–Crippen MR) is 112 cm³/mol. The van der Waals surface area contributed by atoms with Crippen molar-refractivity contribution in [2.45, 2.75) is 26.9 Å². The van der Waals surface area contributed by atoms with E-state index < -0.39 is 6.03 Å². The Balaban J connectivity index is 2.03. The highest BCUT2D eigenvalue weighted by molar-refractivity contribution is 9.10. The maximum Gasteiger partial charge on any atom is 0.339 e. The summed E-state index contributed by atoms with van der Waals surface area (Å²) in [7, 11) is 1.53. The van der Waals surface area contributed by atoms with Gasteiger partial charge in [0.25, 0.3) is 0 Å². The zero-order valence-electron chi connectivity index (χ0n) is 15.5. The summed E-state index contributed by atoms with van der Waals surface area (Å²) < 4.78 is 12.0. The fraction of sp³-hybridized carbons (Fsp3) is 0.263. The first kappa shape index (κ1) is 21.1. The number of methoxy groups -OCH3 is 1. The van der Waals surface area contributed by atoms with Gasteiger partial charge in [-0.05, 0) is 62.2 Å². The lowest BCUT2D eigenvalue weighted by Crippen LogP contribution is -2.24. The number of hydrogen-bond acceptors (Lipinski definition) is 4. The summed E-state index contributed by atoms with van der Waals surface area (Å²) in [4.78, 5) is 11.9. The minimum Gasteiger partial charge on any atom is -0.493 e. The molecule has 0 spiro atoms.